The molecule has 0 amide bonds. The fourth-order valence-corrected chi connectivity index (χ4v) is 2.44. The SMILES string of the molecule is CCNCc1ccc(-c2cccc(OC(C)C)c2)c(C)c1. The molecule has 0 bridgehead atoms. The molecule has 0 heterocycles. The van der Waals surface area contributed by atoms with Crippen molar-refractivity contribution in [3.63, 3.8) is 0 Å². The minimum absolute atomic E-state index is 0.198. The van der Waals surface area contributed by atoms with E-state index in [-0.39, 0.29) is 6.10 Å². The highest BCUT2D eigenvalue weighted by atomic mass is 16.5. The Bertz CT molecular complexity index is 590. The van der Waals surface area contributed by atoms with Crippen molar-refractivity contribution in [2.24, 2.45) is 0 Å². The van der Waals surface area contributed by atoms with Gasteiger partial charge in [-0.05, 0) is 61.7 Å². The summed E-state index contributed by atoms with van der Waals surface area (Å²) in [6, 6.07) is 15.0. The van der Waals surface area contributed by atoms with E-state index < -0.39 is 0 Å². The van der Waals surface area contributed by atoms with Gasteiger partial charge >= 0.3 is 0 Å². The number of rotatable bonds is 6. The van der Waals surface area contributed by atoms with Crippen LogP contribution in [0.15, 0.2) is 42.5 Å². The number of benzene rings is 2. The molecule has 0 radical (unpaired) electrons. The summed E-state index contributed by atoms with van der Waals surface area (Å²) in [5.41, 5.74) is 5.10. The molecule has 0 saturated carbocycles. The molecule has 21 heavy (non-hydrogen) atoms. The topological polar surface area (TPSA) is 21.3 Å². The molecule has 1 N–H and O–H groups in total. The van der Waals surface area contributed by atoms with Crippen LogP contribution in [0.3, 0.4) is 0 Å². The molecule has 2 rings (SSSR count). The Morgan fingerprint density at radius 1 is 1.10 bits per heavy atom. The largest absolute Gasteiger partial charge is 0.491 e. The Hall–Kier alpha value is -1.80. The van der Waals surface area contributed by atoms with Crippen molar-refractivity contribution >= 4 is 0 Å². The standard InChI is InChI=1S/C19H25NO/c1-5-20-13-16-9-10-19(15(4)11-16)17-7-6-8-18(12-17)21-14(2)3/h6-12,14,20H,5,13H2,1-4H3. The van der Waals surface area contributed by atoms with Crippen molar-refractivity contribution in [3.8, 4) is 16.9 Å². The second-order valence-electron chi connectivity index (χ2n) is 5.62. The molecule has 0 atom stereocenters. The third-order valence-electron chi connectivity index (χ3n) is 3.39. The molecule has 2 aromatic carbocycles. The van der Waals surface area contributed by atoms with E-state index in [2.05, 4.69) is 55.6 Å². The van der Waals surface area contributed by atoms with E-state index in [1.54, 1.807) is 0 Å². The van der Waals surface area contributed by atoms with Gasteiger partial charge in [-0.3, -0.25) is 0 Å². The maximum atomic E-state index is 5.78. The van der Waals surface area contributed by atoms with Crippen molar-refractivity contribution in [3.05, 3.63) is 53.6 Å². The van der Waals surface area contributed by atoms with Crippen molar-refractivity contribution in [1.29, 1.82) is 0 Å². The molecule has 0 aliphatic carbocycles. The van der Waals surface area contributed by atoms with E-state index in [0.29, 0.717) is 0 Å². The first-order chi connectivity index (χ1) is 10.1. The Kier molecular flexibility index (Phi) is 5.40. The number of hydrogen-bond donors (Lipinski definition) is 1. The first-order valence-electron chi connectivity index (χ1n) is 7.67. The van der Waals surface area contributed by atoms with Gasteiger partial charge in [-0.2, -0.15) is 0 Å². The predicted octanol–water partition coefficient (Wildman–Crippen LogP) is 4.56. The van der Waals surface area contributed by atoms with Crippen molar-refractivity contribution < 1.29 is 4.74 Å². The summed E-state index contributed by atoms with van der Waals surface area (Å²) >= 11 is 0. The highest BCUT2D eigenvalue weighted by Gasteiger charge is 2.05. The van der Waals surface area contributed by atoms with E-state index in [4.69, 9.17) is 4.74 Å². The van der Waals surface area contributed by atoms with Crippen LogP contribution in [0.1, 0.15) is 31.9 Å². The smallest absolute Gasteiger partial charge is 0.120 e. The number of ether oxygens (including phenoxy) is 1. The molecule has 2 heteroatoms. The second-order valence-corrected chi connectivity index (χ2v) is 5.62. The summed E-state index contributed by atoms with van der Waals surface area (Å²) in [5.74, 6) is 0.929. The zero-order valence-corrected chi connectivity index (χ0v) is 13.4. The van der Waals surface area contributed by atoms with Gasteiger partial charge in [0.1, 0.15) is 5.75 Å². The first kappa shape index (κ1) is 15.6. The van der Waals surface area contributed by atoms with Gasteiger partial charge in [-0.15, -0.1) is 0 Å². The van der Waals surface area contributed by atoms with Crippen LogP contribution in [0.4, 0.5) is 0 Å². The number of nitrogens with one attached hydrogen (secondary N) is 1. The maximum absolute atomic E-state index is 5.78. The Morgan fingerprint density at radius 3 is 2.57 bits per heavy atom. The lowest BCUT2D eigenvalue weighted by Gasteiger charge is -2.13. The highest BCUT2D eigenvalue weighted by Crippen LogP contribution is 2.27. The van der Waals surface area contributed by atoms with Crippen molar-refractivity contribution in [2.75, 3.05) is 6.54 Å². The lowest BCUT2D eigenvalue weighted by Crippen LogP contribution is -2.11. The molecule has 0 spiro atoms. The summed E-state index contributed by atoms with van der Waals surface area (Å²) in [4.78, 5) is 0. The van der Waals surface area contributed by atoms with Gasteiger partial charge in [-0.25, -0.2) is 0 Å². The van der Waals surface area contributed by atoms with Crippen molar-refractivity contribution in [1.82, 2.24) is 5.32 Å². The number of aryl methyl sites for hydroxylation is 1. The van der Waals surface area contributed by atoms with E-state index in [1.807, 2.05) is 19.9 Å². The van der Waals surface area contributed by atoms with Gasteiger partial charge in [-0.1, -0.05) is 37.3 Å². The molecule has 0 fully saturated rings. The summed E-state index contributed by atoms with van der Waals surface area (Å²) in [7, 11) is 0. The second kappa shape index (κ2) is 7.28. The zero-order valence-electron chi connectivity index (χ0n) is 13.4. The van der Waals surface area contributed by atoms with Crippen LogP contribution < -0.4 is 10.1 Å². The third kappa shape index (κ3) is 4.33. The molecular formula is C19H25NO. The van der Waals surface area contributed by atoms with Gasteiger partial charge in [0.25, 0.3) is 0 Å². The van der Waals surface area contributed by atoms with Gasteiger partial charge in [0.05, 0.1) is 6.10 Å². The van der Waals surface area contributed by atoms with Crippen LogP contribution in [0, 0.1) is 6.92 Å². The zero-order chi connectivity index (χ0) is 15.2. The third-order valence-corrected chi connectivity index (χ3v) is 3.39. The van der Waals surface area contributed by atoms with Gasteiger partial charge in [0.15, 0.2) is 0 Å². The van der Waals surface area contributed by atoms with E-state index >= 15 is 0 Å². The van der Waals surface area contributed by atoms with E-state index in [0.717, 1.165) is 18.8 Å². The summed E-state index contributed by atoms with van der Waals surface area (Å²) < 4.78 is 5.78. The summed E-state index contributed by atoms with van der Waals surface area (Å²) in [5, 5.41) is 3.36. The van der Waals surface area contributed by atoms with Gasteiger partial charge < -0.3 is 10.1 Å². The van der Waals surface area contributed by atoms with Crippen LogP contribution in [-0.2, 0) is 6.54 Å². The fourth-order valence-electron chi connectivity index (χ4n) is 2.44. The Labute approximate surface area is 128 Å². The van der Waals surface area contributed by atoms with Crippen molar-refractivity contribution in [2.45, 2.75) is 40.3 Å². The fraction of sp³-hybridized carbons (Fsp3) is 0.368. The molecule has 2 aromatic rings. The summed E-state index contributed by atoms with van der Waals surface area (Å²) in [6.45, 7) is 10.3. The van der Waals surface area contributed by atoms with E-state index in [9.17, 15) is 0 Å². The van der Waals surface area contributed by atoms with Crippen LogP contribution in [0.5, 0.6) is 5.75 Å². The molecule has 0 saturated heterocycles. The molecule has 2 nitrogen and oxygen atoms in total. The highest BCUT2D eigenvalue weighted by molar-refractivity contribution is 5.68. The monoisotopic (exact) mass is 283 g/mol. The Morgan fingerprint density at radius 2 is 1.90 bits per heavy atom. The summed E-state index contributed by atoms with van der Waals surface area (Å²) in [6.07, 6.45) is 0.198. The minimum Gasteiger partial charge on any atom is -0.491 e. The molecule has 0 unspecified atom stereocenters. The average molecular weight is 283 g/mol. The number of hydrogen-bond acceptors (Lipinski definition) is 2. The average Bonchev–Trinajstić information content (AvgIpc) is 2.44. The van der Waals surface area contributed by atoms with Crippen LogP contribution >= 0.6 is 0 Å². The van der Waals surface area contributed by atoms with Gasteiger partial charge in [0, 0.05) is 6.54 Å². The van der Waals surface area contributed by atoms with Gasteiger partial charge in [0.2, 0.25) is 0 Å². The minimum atomic E-state index is 0.198. The first-order valence-corrected chi connectivity index (χ1v) is 7.67. The molecular weight excluding hydrogens is 258 g/mol. The quantitative estimate of drug-likeness (QED) is 0.839. The lowest BCUT2D eigenvalue weighted by molar-refractivity contribution is 0.242. The lowest BCUT2D eigenvalue weighted by atomic mass is 9.98. The maximum Gasteiger partial charge on any atom is 0.120 e. The van der Waals surface area contributed by atoms with E-state index in [1.165, 1.54) is 22.3 Å². The molecule has 112 valence electrons. The predicted molar refractivity (Wildman–Crippen MR) is 89.8 cm³/mol. The molecule has 0 aromatic heterocycles. The van der Waals surface area contributed by atoms with Crippen LogP contribution in [-0.4, -0.2) is 12.6 Å². The van der Waals surface area contributed by atoms with Crippen LogP contribution in [0.25, 0.3) is 11.1 Å². The normalized spacial score (nSPS) is 10.9. The van der Waals surface area contributed by atoms with Crippen LogP contribution in [0.2, 0.25) is 0 Å². The Balaban J connectivity index is 2.25. The molecule has 0 aliphatic rings. The molecule has 0 aliphatic heterocycles.